The number of likely N-dealkylation sites (tertiary alicyclic amines) is 1. The maximum atomic E-state index is 13.2. The third-order valence-electron chi connectivity index (χ3n) is 8.39. The molecule has 0 aromatic rings. The van der Waals surface area contributed by atoms with Crippen LogP contribution in [-0.2, 0) is 4.79 Å². The lowest BCUT2D eigenvalue weighted by molar-refractivity contribution is -0.129. The van der Waals surface area contributed by atoms with Gasteiger partial charge in [-0.2, -0.15) is 0 Å². The quantitative estimate of drug-likeness (QED) is 0.659. The Kier molecular flexibility index (Phi) is 4.74. The van der Waals surface area contributed by atoms with Crippen LogP contribution in [0, 0.1) is 29.6 Å². The number of hydroxylamine groups is 1. The molecule has 0 aromatic carbocycles. The molecule has 1 amide bonds. The van der Waals surface area contributed by atoms with Gasteiger partial charge in [-0.05, 0) is 81.0 Å². The normalized spacial score (nSPS) is 45.5. The highest BCUT2D eigenvalue weighted by Crippen LogP contribution is 2.53. The summed E-state index contributed by atoms with van der Waals surface area (Å²) < 4.78 is 0. The van der Waals surface area contributed by atoms with Crippen molar-refractivity contribution in [2.75, 3.05) is 13.1 Å². The van der Waals surface area contributed by atoms with E-state index in [-0.39, 0.29) is 18.0 Å². The van der Waals surface area contributed by atoms with Crippen LogP contribution in [0.2, 0.25) is 0 Å². The second kappa shape index (κ2) is 7.06. The highest BCUT2D eigenvalue weighted by atomic mass is 16.5. The van der Waals surface area contributed by atoms with E-state index >= 15 is 0 Å². The number of amides is 1. The molecular formula is C21H35N3O2. The second-order valence-electron chi connectivity index (χ2n) is 10.1. The van der Waals surface area contributed by atoms with E-state index in [4.69, 9.17) is 0 Å². The Labute approximate surface area is 157 Å². The third-order valence-corrected chi connectivity index (χ3v) is 8.39. The minimum absolute atomic E-state index is 0.0330. The van der Waals surface area contributed by atoms with Crippen molar-refractivity contribution in [2.24, 2.45) is 29.6 Å². The average Bonchev–Trinajstić information content (AvgIpc) is 3.27. The monoisotopic (exact) mass is 361 g/mol. The standard InChI is InChI=1S/C21H35N3O2/c25-21(22-20-16-6-14-5-15(8-16)9-17(20)7-14)19-10-18(23-26)12-24(19)11-13-3-1-2-4-13/h13-20,23,26H,1-12H2,(H,22,25)/t14?,15?,16?,17?,18-,19-,20?/m1/s1. The van der Waals surface area contributed by atoms with Gasteiger partial charge in [0.15, 0.2) is 0 Å². The van der Waals surface area contributed by atoms with E-state index in [9.17, 15) is 10.0 Å². The molecule has 0 aromatic heterocycles. The van der Waals surface area contributed by atoms with Crippen molar-refractivity contribution in [3.8, 4) is 0 Å². The number of carbonyl (C=O) groups is 1. The summed E-state index contributed by atoms with van der Waals surface area (Å²) >= 11 is 0. The van der Waals surface area contributed by atoms with Crippen molar-refractivity contribution in [1.82, 2.24) is 15.7 Å². The zero-order valence-electron chi connectivity index (χ0n) is 15.9. The first-order valence-electron chi connectivity index (χ1n) is 11.1. The molecule has 1 heterocycles. The lowest BCUT2D eigenvalue weighted by Gasteiger charge is -2.54. The summed E-state index contributed by atoms with van der Waals surface area (Å²) in [5.74, 6) is 4.32. The van der Waals surface area contributed by atoms with Gasteiger partial charge in [0.1, 0.15) is 0 Å². The highest BCUT2D eigenvalue weighted by molar-refractivity contribution is 5.82. The summed E-state index contributed by atoms with van der Waals surface area (Å²) in [6.07, 6.45) is 12.8. The van der Waals surface area contributed by atoms with Gasteiger partial charge in [0.05, 0.1) is 6.04 Å². The number of nitrogens with zero attached hydrogens (tertiary/aromatic N) is 1. The SMILES string of the molecule is O=C(NC1C2CC3CC(C2)CC1C3)[C@H]1C[C@@H](NO)CN1CC1CCCC1. The Morgan fingerprint density at radius 3 is 2.23 bits per heavy atom. The largest absolute Gasteiger partial charge is 0.351 e. The minimum atomic E-state index is -0.0579. The molecule has 5 heteroatoms. The number of nitrogens with one attached hydrogen (secondary N) is 2. The first-order valence-corrected chi connectivity index (χ1v) is 11.1. The van der Waals surface area contributed by atoms with Gasteiger partial charge in [0, 0.05) is 25.2 Å². The maximum absolute atomic E-state index is 13.2. The number of carbonyl (C=O) groups excluding carboxylic acids is 1. The van der Waals surface area contributed by atoms with Crippen molar-refractivity contribution in [2.45, 2.75) is 82.3 Å². The Bertz CT molecular complexity index is 505. The molecule has 5 aliphatic carbocycles. The van der Waals surface area contributed by atoms with Gasteiger partial charge in [-0.15, -0.1) is 0 Å². The predicted octanol–water partition coefficient (Wildman–Crippen LogP) is 2.54. The van der Waals surface area contributed by atoms with Crippen LogP contribution in [-0.4, -0.2) is 47.2 Å². The molecule has 6 fully saturated rings. The highest BCUT2D eigenvalue weighted by Gasteiger charge is 2.49. The predicted molar refractivity (Wildman–Crippen MR) is 99.6 cm³/mol. The Morgan fingerprint density at radius 2 is 1.62 bits per heavy atom. The molecule has 1 aliphatic heterocycles. The molecule has 5 saturated carbocycles. The molecule has 146 valence electrons. The van der Waals surface area contributed by atoms with E-state index in [1.807, 2.05) is 0 Å². The van der Waals surface area contributed by atoms with E-state index < -0.39 is 0 Å². The molecule has 6 rings (SSSR count). The smallest absolute Gasteiger partial charge is 0.237 e. The molecule has 2 atom stereocenters. The molecular weight excluding hydrogens is 326 g/mol. The van der Waals surface area contributed by atoms with E-state index in [1.165, 1.54) is 57.8 Å². The van der Waals surface area contributed by atoms with E-state index in [0.29, 0.717) is 6.04 Å². The molecule has 0 unspecified atom stereocenters. The third kappa shape index (κ3) is 3.20. The molecule has 1 saturated heterocycles. The molecule has 5 nitrogen and oxygen atoms in total. The van der Waals surface area contributed by atoms with E-state index in [0.717, 1.165) is 49.1 Å². The van der Waals surface area contributed by atoms with Crippen molar-refractivity contribution in [1.29, 1.82) is 0 Å². The number of hydrogen-bond donors (Lipinski definition) is 3. The molecule has 4 bridgehead atoms. The lowest BCUT2D eigenvalue weighted by atomic mass is 9.54. The van der Waals surface area contributed by atoms with Crippen molar-refractivity contribution >= 4 is 5.91 Å². The second-order valence-corrected chi connectivity index (χ2v) is 10.1. The molecule has 3 N–H and O–H groups in total. The van der Waals surface area contributed by atoms with E-state index in [1.54, 1.807) is 0 Å². The topological polar surface area (TPSA) is 64.6 Å². The Hall–Kier alpha value is -0.650. The first-order chi connectivity index (χ1) is 12.7. The Morgan fingerprint density at radius 1 is 0.962 bits per heavy atom. The van der Waals surface area contributed by atoms with Crippen LogP contribution < -0.4 is 10.8 Å². The van der Waals surface area contributed by atoms with Gasteiger partial charge in [0.2, 0.25) is 5.91 Å². The number of rotatable bonds is 5. The summed E-state index contributed by atoms with van der Waals surface area (Å²) in [7, 11) is 0. The fraction of sp³-hybridized carbons (Fsp3) is 0.952. The zero-order chi connectivity index (χ0) is 17.7. The van der Waals surface area contributed by atoms with Gasteiger partial charge in [0.25, 0.3) is 0 Å². The van der Waals surface area contributed by atoms with Gasteiger partial charge in [-0.1, -0.05) is 12.8 Å². The van der Waals surface area contributed by atoms with Crippen LogP contribution in [0.5, 0.6) is 0 Å². The van der Waals surface area contributed by atoms with Crippen molar-refractivity contribution in [3.05, 3.63) is 0 Å². The summed E-state index contributed by atoms with van der Waals surface area (Å²) in [6.45, 7) is 1.82. The van der Waals surface area contributed by atoms with E-state index in [2.05, 4.69) is 15.7 Å². The maximum Gasteiger partial charge on any atom is 0.237 e. The van der Waals surface area contributed by atoms with Crippen molar-refractivity contribution in [3.63, 3.8) is 0 Å². The molecule has 26 heavy (non-hydrogen) atoms. The summed E-state index contributed by atoms with van der Waals surface area (Å²) in [6, 6.07) is 0.396. The lowest BCUT2D eigenvalue weighted by Crippen LogP contribution is -2.58. The van der Waals surface area contributed by atoms with Gasteiger partial charge >= 0.3 is 0 Å². The van der Waals surface area contributed by atoms with Crippen LogP contribution >= 0.6 is 0 Å². The van der Waals surface area contributed by atoms with Crippen LogP contribution in [0.25, 0.3) is 0 Å². The van der Waals surface area contributed by atoms with Gasteiger partial charge < -0.3 is 10.5 Å². The summed E-state index contributed by atoms with van der Waals surface area (Å²) in [5.41, 5.74) is 2.44. The zero-order valence-corrected chi connectivity index (χ0v) is 15.9. The van der Waals surface area contributed by atoms with Crippen LogP contribution in [0.4, 0.5) is 0 Å². The van der Waals surface area contributed by atoms with Gasteiger partial charge in [-0.3, -0.25) is 9.69 Å². The molecule has 0 spiro atoms. The van der Waals surface area contributed by atoms with Crippen LogP contribution in [0.1, 0.15) is 64.2 Å². The molecule has 0 radical (unpaired) electrons. The van der Waals surface area contributed by atoms with Crippen LogP contribution in [0.3, 0.4) is 0 Å². The fourth-order valence-corrected chi connectivity index (χ4v) is 7.42. The minimum Gasteiger partial charge on any atom is -0.351 e. The van der Waals surface area contributed by atoms with Crippen LogP contribution in [0.15, 0.2) is 0 Å². The van der Waals surface area contributed by atoms with Gasteiger partial charge in [-0.25, -0.2) is 5.48 Å². The summed E-state index contributed by atoms with van der Waals surface area (Å²) in [4.78, 5) is 15.6. The summed E-state index contributed by atoms with van der Waals surface area (Å²) in [5, 5.41) is 12.9. The fourth-order valence-electron chi connectivity index (χ4n) is 7.42. The Balaban J connectivity index is 1.24. The van der Waals surface area contributed by atoms with Crippen molar-refractivity contribution < 1.29 is 10.0 Å². The molecule has 6 aliphatic rings. The first kappa shape index (κ1) is 17.4. The number of hydrogen-bond acceptors (Lipinski definition) is 4. The average molecular weight is 362 g/mol.